The van der Waals surface area contributed by atoms with Crippen LogP contribution in [0.3, 0.4) is 0 Å². The van der Waals surface area contributed by atoms with Crippen molar-refractivity contribution in [1.82, 2.24) is 0 Å². The topological polar surface area (TPSA) is 55.2 Å². The van der Waals surface area contributed by atoms with Crippen LogP contribution in [0.5, 0.6) is 0 Å². The first-order valence-electron chi connectivity index (χ1n) is 12.1. The SMILES string of the molecule is CCCCCCCCCCCCCCCCCCNc1ccc([N+](=O)[O-])cc1C. The van der Waals surface area contributed by atoms with Gasteiger partial charge < -0.3 is 5.32 Å². The normalized spacial score (nSPS) is 11.0. The van der Waals surface area contributed by atoms with Gasteiger partial charge in [-0.15, -0.1) is 0 Å². The van der Waals surface area contributed by atoms with Gasteiger partial charge in [0, 0.05) is 24.4 Å². The van der Waals surface area contributed by atoms with Gasteiger partial charge in [-0.25, -0.2) is 0 Å². The zero-order chi connectivity index (χ0) is 21.2. The van der Waals surface area contributed by atoms with E-state index in [0.29, 0.717) is 0 Å². The van der Waals surface area contributed by atoms with E-state index in [1.54, 1.807) is 12.1 Å². The summed E-state index contributed by atoms with van der Waals surface area (Å²) in [6.45, 7) is 5.14. The maximum Gasteiger partial charge on any atom is 0.269 e. The minimum absolute atomic E-state index is 0.162. The zero-order valence-corrected chi connectivity index (χ0v) is 19.0. The molecule has 0 unspecified atom stereocenters. The van der Waals surface area contributed by atoms with Crippen molar-refractivity contribution in [3.05, 3.63) is 33.9 Å². The van der Waals surface area contributed by atoms with Gasteiger partial charge in [0.15, 0.2) is 0 Å². The number of hydrogen-bond acceptors (Lipinski definition) is 3. The second-order valence-corrected chi connectivity index (χ2v) is 8.49. The fraction of sp³-hybridized carbons (Fsp3) is 0.760. The summed E-state index contributed by atoms with van der Waals surface area (Å²) in [6, 6.07) is 5.03. The zero-order valence-electron chi connectivity index (χ0n) is 19.0. The molecule has 0 heterocycles. The van der Waals surface area contributed by atoms with E-state index >= 15 is 0 Å². The molecule has 1 N–H and O–H groups in total. The first kappa shape index (κ1) is 25.5. The van der Waals surface area contributed by atoms with Crippen LogP contribution in [0.1, 0.15) is 115 Å². The van der Waals surface area contributed by atoms with Crippen molar-refractivity contribution in [3.63, 3.8) is 0 Å². The molecule has 0 aliphatic carbocycles. The average Bonchev–Trinajstić information content (AvgIpc) is 2.71. The number of rotatable bonds is 19. The third-order valence-electron chi connectivity index (χ3n) is 5.77. The van der Waals surface area contributed by atoms with Gasteiger partial charge in [-0.3, -0.25) is 10.1 Å². The van der Waals surface area contributed by atoms with Crippen LogP contribution in [0.15, 0.2) is 18.2 Å². The Morgan fingerprint density at radius 2 is 1.21 bits per heavy atom. The van der Waals surface area contributed by atoms with Crippen molar-refractivity contribution < 1.29 is 4.92 Å². The van der Waals surface area contributed by atoms with E-state index < -0.39 is 0 Å². The van der Waals surface area contributed by atoms with Gasteiger partial charge in [-0.2, -0.15) is 0 Å². The molecule has 4 nitrogen and oxygen atoms in total. The Kier molecular flexibility index (Phi) is 15.2. The van der Waals surface area contributed by atoms with Gasteiger partial charge in [0.2, 0.25) is 0 Å². The first-order valence-corrected chi connectivity index (χ1v) is 12.1. The van der Waals surface area contributed by atoms with Gasteiger partial charge in [0.05, 0.1) is 4.92 Å². The molecule has 0 aliphatic rings. The van der Waals surface area contributed by atoms with Crippen LogP contribution in [0.2, 0.25) is 0 Å². The highest BCUT2D eigenvalue weighted by Crippen LogP contribution is 2.21. The van der Waals surface area contributed by atoms with E-state index in [2.05, 4.69) is 12.2 Å². The fourth-order valence-electron chi connectivity index (χ4n) is 3.86. The summed E-state index contributed by atoms with van der Waals surface area (Å²) in [4.78, 5) is 10.4. The van der Waals surface area contributed by atoms with E-state index in [-0.39, 0.29) is 10.6 Å². The Labute approximate surface area is 179 Å². The van der Waals surface area contributed by atoms with Crippen LogP contribution >= 0.6 is 0 Å². The quantitative estimate of drug-likeness (QED) is 0.143. The third-order valence-corrected chi connectivity index (χ3v) is 5.77. The lowest BCUT2D eigenvalue weighted by Crippen LogP contribution is -2.03. The third kappa shape index (κ3) is 13.3. The predicted molar refractivity (Wildman–Crippen MR) is 126 cm³/mol. The average molecular weight is 405 g/mol. The Balaban J connectivity index is 1.85. The lowest BCUT2D eigenvalue weighted by atomic mass is 10.0. The number of nitrogens with one attached hydrogen (secondary N) is 1. The second kappa shape index (κ2) is 17.3. The van der Waals surface area contributed by atoms with Crippen LogP contribution < -0.4 is 5.32 Å². The highest BCUT2D eigenvalue weighted by Gasteiger charge is 2.07. The number of nitro benzene ring substituents is 1. The highest BCUT2D eigenvalue weighted by molar-refractivity contribution is 5.55. The van der Waals surface area contributed by atoms with Crippen LogP contribution in [0.4, 0.5) is 11.4 Å². The molecule has 1 aromatic rings. The molecule has 0 amide bonds. The molecular formula is C25H44N2O2. The van der Waals surface area contributed by atoms with E-state index in [0.717, 1.165) is 24.2 Å². The van der Waals surface area contributed by atoms with Crippen molar-refractivity contribution in [2.24, 2.45) is 0 Å². The summed E-state index contributed by atoms with van der Waals surface area (Å²) in [6.07, 6.45) is 22.1. The Bertz CT molecular complexity index is 546. The molecule has 0 aliphatic heterocycles. The summed E-state index contributed by atoms with van der Waals surface area (Å²) in [5.41, 5.74) is 2.11. The van der Waals surface area contributed by atoms with Crippen molar-refractivity contribution in [2.45, 2.75) is 117 Å². The maximum atomic E-state index is 10.8. The smallest absolute Gasteiger partial charge is 0.269 e. The summed E-state index contributed by atoms with van der Waals surface area (Å²) in [7, 11) is 0. The minimum Gasteiger partial charge on any atom is -0.385 e. The Morgan fingerprint density at radius 3 is 1.62 bits per heavy atom. The number of unbranched alkanes of at least 4 members (excludes halogenated alkanes) is 15. The van der Waals surface area contributed by atoms with Crippen molar-refractivity contribution in [2.75, 3.05) is 11.9 Å². The molecule has 1 aromatic carbocycles. The molecule has 0 saturated carbocycles. The largest absolute Gasteiger partial charge is 0.385 e. The van der Waals surface area contributed by atoms with Gasteiger partial charge in [0.25, 0.3) is 5.69 Å². The maximum absolute atomic E-state index is 10.8. The standard InChI is InChI=1S/C25H44N2O2/c1-3-4-5-6-7-8-9-10-11-12-13-14-15-16-17-18-21-26-25-20-19-24(27(28)29)22-23(25)2/h19-20,22,26H,3-18,21H2,1-2H3. The van der Waals surface area contributed by atoms with Gasteiger partial charge in [-0.05, 0) is 25.0 Å². The van der Waals surface area contributed by atoms with E-state index in [1.165, 1.54) is 96.3 Å². The monoisotopic (exact) mass is 404 g/mol. The first-order chi connectivity index (χ1) is 14.1. The molecule has 0 radical (unpaired) electrons. The van der Waals surface area contributed by atoms with E-state index in [9.17, 15) is 10.1 Å². The molecule has 0 aromatic heterocycles. The minimum atomic E-state index is -0.341. The summed E-state index contributed by atoms with van der Waals surface area (Å²) >= 11 is 0. The molecule has 0 saturated heterocycles. The van der Waals surface area contributed by atoms with Crippen molar-refractivity contribution in [3.8, 4) is 0 Å². The van der Waals surface area contributed by atoms with Crippen molar-refractivity contribution in [1.29, 1.82) is 0 Å². The Morgan fingerprint density at radius 1 is 0.759 bits per heavy atom. The number of non-ortho nitro benzene ring substituents is 1. The van der Waals surface area contributed by atoms with E-state index in [4.69, 9.17) is 0 Å². The predicted octanol–water partition coefficient (Wildman–Crippen LogP) is 8.58. The summed E-state index contributed by atoms with van der Waals surface area (Å²) in [5, 5.41) is 14.2. The second-order valence-electron chi connectivity index (χ2n) is 8.49. The fourth-order valence-corrected chi connectivity index (χ4v) is 3.86. The summed E-state index contributed by atoms with van der Waals surface area (Å²) < 4.78 is 0. The lowest BCUT2D eigenvalue weighted by molar-refractivity contribution is -0.384. The molecular weight excluding hydrogens is 360 g/mol. The van der Waals surface area contributed by atoms with Gasteiger partial charge >= 0.3 is 0 Å². The molecule has 0 spiro atoms. The molecule has 29 heavy (non-hydrogen) atoms. The van der Waals surface area contributed by atoms with Crippen LogP contribution in [0.25, 0.3) is 0 Å². The van der Waals surface area contributed by atoms with Crippen LogP contribution in [0, 0.1) is 17.0 Å². The van der Waals surface area contributed by atoms with Gasteiger partial charge in [0.1, 0.15) is 0 Å². The number of anilines is 1. The van der Waals surface area contributed by atoms with Gasteiger partial charge in [-0.1, -0.05) is 103 Å². The number of benzene rings is 1. The molecule has 166 valence electrons. The number of aryl methyl sites for hydroxylation is 1. The van der Waals surface area contributed by atoms with Crippen molar-refractivity contribution >= 4 is 11.4 Å². The highest BCUT2D eigenvalue weighted by atomic mass is 16.6. The summed E-state index contributed by atoms with van der Waals surface area (Å²) in [5.74, 6) is 0. The molecule has 4 heteroatoms. The number of hydrogen-bond donors (Lipinski definition) is 1. The number of nitrogens with zero attached hydrogens (tertiary/aromatic N) is 1. The molecule has 0 fully saturated rings. The molecule has 0 atom stereocenters. The Hall–Kier alpha value is -1.58. The van der Waals surface area contributed by atoms with Crippen LogP contribution in [-0.2, 0) is 0 Å². The lowest BCUT2D eigenvalue weighted by Gasteiger charge is -2.09. The molecule has 1 rings (SSSR count). The number of nitro groups is 1. The molecule has 0 bridgehead atoms. The van der Waals surface area contributed by atoms with E-state index in [1.807, 2.05) is 13.0 Å². The van der Waals surface area contributed by atoms with Crippen LogP contribution in [-0.4, -0.2) is 11.5 Å².